The van der Waals surface area contributed by atoms with E-state index in [-0.39, 0.29) is 18.5 Å². The van der Waals surface area contributed by atoms with E-state index in [1.54, 1.807) is 0 Å². The molecule has 0 fully saturated rings. The van der Waals surface area contributed by atoms with Crippen LogP contribution in [0.15, 0.2) is 36.5 Å². The van der Waals surface area contributed by atoms with Gasteiger partial charge in [-0.25, -0.2) is 0 Å². The second kappa shape index (κ2) is 67.6. The summed E-state index contributed by atoms with van der Waals surface area (Å²) in [7, 11) is 0. The molecule has 0 aliphatic rings. The molecular weight excluding hydrogens is 959 g/mol. The first-order chi connectivity index (χ1) is 38.5. The summed E-state index contributed by atoms with van der Waals surface area (Å²) in [5.74, 6) is -0.0205. The van der Waals surface area contributed by atoms with E-state index in [0.717, 1.165) is 51.4 Å². The summed E-state index contributed by atoms with van der Waals surface area (Å²) in [5, 5.41) is 23.3. The standard InChI is InChI=1S/C72H137NO5/c1-3-5-7-9-11-13-15-17-18-35-39-42-46-50-54-58-62-66-72(77)78-67-63-59-55-51-47-43-40-37-34-32-30-28-26-24-22-20-19-21-23-25-27-29-31-33-36-38-41-45-49-53-57-61-65-71(76)73-69(68-74)70(75)64-60-56-52-48-44-16-14-12-10-8-6-4-2/h11,13,17-18,22,24,69-70,74-75H,3-10,12,14-16,19-21,23,25-68H2,1-2H3,(H,73,76)/b13-11-,18-17-,24-22-. The molecule has 0 aromatic carbocycles. The summed E-state index contributed by atoms with van der Waals surface area (Å²) >= 11 is 0. The second-order valence-electron chi connectivity index (χ2n) is 24.2. The number of unbranched alkanes of at least 4 members (excludes halogenated alkanes) is 49. The van der Waals surface area contributed by atoms with Crippen molar-refractivity contribution < 1.29 is 24.5 Å². The minimum atomic E-state index is -0.661. The first kappa shape index (κ1) is 76.1. The van der Waals surface area contributed by atoms with Crippen LogP contribution in [0.5, 0.6) is 0 Å². The molecule has 0 aliphatic heterocycles. The molecule has 3 N–H and O–H groups in total. The molecule has 0 aromatic rings. The zero-order valence-corrected chi connectivity index (χ0v) is 52.7. The summed E-state index contributed by atoms with van der Waals surface area (Å²) in [6.07, 6.45) is 86.3. The van der Waals surface area contributed by atoms with E-state index in [0.29, 0.717) is 25.9 Å². The van der Waals surface area contributed by atoms with Gasteiger partial charge in [-0.05, 0) is 83.5 Å². The minimum Gasteiger partial charge on any atom is -0.466 e. The van der Waals surface area contributed by atoms with E-state index in [1.165, 1.54) is 302 Å². The number of hydrogen-bond donors (Lipinski definition) is 3. The van der Waals surface area contributed by atoms with Crippen molar-refractivity contribution in [2.45, 2.75) is 398 Å². The predicted octanol–water partition coefficient (Wildman–Crippen LogP) is 22.7. The van der Waals surface area contributed by atoms with Crippen molar-refractivity contribution in [1.82, 2.24) is 5.32 Å². The minimum absolute atomic E-state index is 0.0107. The Kier molecular flexibility index (Phi) is 65.9. The van der Waals surface area contributed by atoms with Gasteiger partial charge in [0.2, 0.25) is 5.91 Å². The highest BCUT2D eigenvalue weighted by molar-refractivity contribution is 5.76. The van der Waals surface area contributed by atoms with E-state index in [2.05, 4.69) is 55.6 Å². The first-order valence-electron chi connectivity index (χ1n) is 35.2. The summed E-state index contributed by atoms with van der Waals surface area (Å²) < 4.78 is 5.50. The molecule has 6 nitrogen and oxygen atoms in total. The highest BCUT2D eigenvalue weighted by atomic mass is 16.5. The van der Waals surface area contributed by atoms with Gasteiger partial charge in [-0.1, -0.05) is 326 Å². The fraction of sp³-hybridized carbons (Fsp3) is 0.889. The number of nitrogens with one attached hydrogen (secondary N) is 1. The van der Waals surface area contributed by atoms with Crippen molar-refractivity contribution in [3.05, 3.63) is 36.5 Å². The average Bonchev–Trinajstić information content (AvgIpc) is 3.44. The predicted molar refractivity (Wildman–Crippen MR) is 343 cm³/mol. The molecular formula is C72H137NO5. The summed E-state index contributed by atoms with van der Waals surface area (Å²) in [4.78, 5) is 24.6. The van der Waals surface area contributed by atoms with Crippen molar-refractivity contribution in [1.29, 1.82) is 0 Å². The van der Waals surface area contributed by atoms with Gasteiger partial charge < -0.3 is 20.3 Å². The van der Waals surface area contributed by atoms with Crippen LogP contribution in [-0.4, -0.2) is 47.4 Å². The van der Waals surface area contributed by atoms with Crippen molar-refractivity contribution in [2.24, 2.45) is 0 Å². The number of carbonyl (C=O) groups is 2. The molecule has 78 heavy (non-hydrogen) atoms. The highest BCUT2D eigenvalue weighted by Crippen LogP contribution is 2.18. The van der Waals surface area contributed by atoms with Crippen molar-refractivity contribution in [3.63, 3.8) is 0 Å². The molecule has 0 radical (unpaired) electrons. The topological polar surface area (TPSA) is 95.9 Å². The molecule has 0 aromatic heterocycles. The lowest BCUT2D eigenvalue weighted by Crippen LogP contribution is -2.45. The van der Waals surface area contributed by atoms with Crippen LogP contribution in [0.2, 0.25) is 0 Å². The van der Waals surface area contributed by atoms with Crippen molar-refractivity contribution >= 4 is 11.9 Å². The van der Waals surface area contributed by atoms with Crippen molar-refractivity contribution in [2.75, 3.05) is 13.2 Å². The van der Waals surface area contributed by atoms with E-state index in [1.807, 2.05) is 0 Å². The van der Waals surface area contributed by atoms with Crippen molar-refractivity contribution in [3.8, 4) is 0 Å². The number of hydrogen-bond acceptors (Lipinski definition) is 5. The molecule has 0 saturated carbocycles. The molecule has 0 saturated heterocycles. The third-order valence-electron chi connectivity index (χ3n) is 16.4. The molecule has 0 aliphatic carbocycles. The van der Waals surface area contributed by atoms with Gasteiger partial charge in [-0.3, -0.25) is 9.59 Å². The highest BCUT2D eigenvalue weighted by Gasteiger charge is 2.20. The van der Waals surface area contributed by atoms with E-state index in [9.17, 15) is 19.8 Å². The Balaban J connectivity index is 3.33. The molecule has 2 atom stereocenters. The van der Waals surface area contributed by atoms with Gasteiger partial charge in [0.05, 0.1) is 25.4 Å². The number of allylic oxidation sites excluding steroid dienone is 6. The van der Waals surface area contributed by atoms with E-state index >= 15 is 0 Å². The van der Waals surface area contributed by atoms with E-state index < -0.39 is 12.1 Å². The number of amides is 1. The molecule has 460 valence electrons. The Bertz CT molecular complexity index is 1260. The van der Waals surface area contributed by atoms with Crippen LogP contribution in [0.1, 0.15) is 386 Å². The molecule has 6 heteroatoms. The monoisotopic (exact) mass is 1100 g/mol. The van der Waals surface area contributed by atoms with Crippen LogP contribution in [0.25, 0.3) is 0 Å². The van der Waals surface area contributed by atoms with Gasteiger partial charge >= 0.3 is 5.97 Å². The Morgan fingerprint density at radius 2 is 0.641 bits per heavy atom. The number of esters is 1. The fourth-order valence-corrected chi connectivity index (χ4v) is 11.0. The zero-order chi connectivity index (χ0) is 56.4. The Labute approximate surface area is 487 Å². The fourth-order valence-electron chi connectivity index (χ4n) is 11.0. The van der Waals surface area contributed by atoms with Crippen LogP contribution in [-0.2, 0) is 14.3 Å². The normalized spacial score (nSPS) is 12.7. The van der Waals surface area contributed by atoms with Crippen LogP contribution in [0.4, 0.5) is 0 Å². The maximum absolute atomic E-state index is 12.5. The van der Waals surface area contributed by atoms with Gasteiger partial charge in [-0.15, -0.1) is 0 Å². The third-order valence-corrected chi connectivity index (χ3v) is 16.4. The van der Waals surface area contributed by atoms with Crippen LogP contribution >= 0.6 is 0 Å². The van der Waals surface area contributed by atoms with Gasteiger partial charge in [-0.2, -0.15) is 0 Å². The molecule has 0 spiro atoms. The summed E-state index contributed by atoms with van der Waals surface area (Å²) in [6, 6.07) is -0.538. The van der Waals surface area contributed by atoms with Crippen LogP contribution < -0.4 is 5.32 Å². The maximum atomic E-state index is 12.5. The Morgan fingerprint density at radius 1 is 0.359 bits per heavy atom. The summed E-state index contributed by atoms with van der Waals surface area (Å²) in [6.45, 7) is 4.94. The lowest BCUT2D eigenvalue weighted by atomic mass is 10.0. The third kappa shape index (κ3) is 63.3. The lowest BCUT2D eigenvalue weighted by molar-refractivity contribution is -0.143. The Hall–Kier alpha value is -1.92. The lowest BCUT2D eigenvalue weighted by Gasteiger charge is -2.22. The second-order valence-corrected chi connectivity index (χ2v) is 24.2. The zero-order valence-electron chi connectivity index (χ0n) is 52.7. The number of carbonyl (C=O) groups excluding carboxylic acids is 2. The quantitative estimate of drug-likeness (QED) is 0.0320. The summed E-state index contributed by atoms with van der Waals surface area (Å²) in [5.41, 5.74) is 0. The molecule has 0 rings (SSSR count). The number of aliphatic hydroxyl groups excluding tert-OH is 2. The van der Waals surface area contributed by atoms with Gasteiger partial charge in [0, 0.05) is 12.8 Å². The Morgan fingerprint density at radius 3 is 1.01 bits per heavy atom. The molecule has 0 bridgehead atoms. The van der Waals surface area contributed by atoms with Gasteiger partial charge in [0.1, 0.15) is 0 Å². The molecule has 2 unspecified atom stereocenters. The van der Waals surface area contributed by atoms with Crippen LogP contribution in [0, 0.1) is 0 Å². The number of aliphatic hydroxyl groups is 2. The molecule has 0 heterocycles. The number of rotatable bonds is 66. The molecule has 1 amide bonds. The van der Waals surface area contributed by atoms with E-state index in [4.69, 9.17) is 4.74 Å². The SMILES string of the molecule is CCCCC/C=C\C/C=C\CCCCCCCCCC(=O)OCCCCCCCCCCCCCC/C=C\CCCCCCCCCCCCCCCCCCC(=O)NC(CO)C(O)CCCCCCCCCCCCCC. The smallest absolute Gasteiger partial charge is 0.305 e. The number of ether oxygens (including phenoxy) is 1. The van der Waals surface area contributed by atoms with Crippen LogP contribution in [0.3, 0.4) is 0 Å². The largest absolute Gasteiger partial charge is 0.466 e. The van der Waals surface area contributed by atoms with Gasteiger partial charge in [0.15, 0.2) is 0 Å². The first-order valence-corrected chi connectivity index (χ1v) is 35.2. The average molecular weight is 1100 g/mol. The maximum Gasteiger partial charge on any atom is 0.305 e. The van der Waals surface area contributed by atoms with Gasteiger partial charge in [0.25, 0.3) is 0 Å².